The maximum Gasteiger partial charge on any atom is 0.349 e. The van der Waals surface area contributed by atoms with Gasteiger partial charge in [0.15, 0.2) is 4.88 Å². The zero-order chi connectivity index (χ0) is 15.5. The van der Waals surface area contributed by atoms with Crippen molar-refractivity contribution < 1.29 is 14.6 Å². The molecule has 1 heterocycles. The maximum atomic E-state index is 11.1. The Kier molecular flexibility index (Phi) is 9.15. The molecule has 1 aromatic rings. The highest BCUT2D eigenvalue weighted by Gasteiger charge is 2.15. The first-order valence-electron chi connectivity index (χ1n) is 8.17. The highest BCUT2D eigenvalue weighted by atomic mass is 32.1. The summed E-state index contributed by atoms with van der Waals surface area (Å²) >= 11 is 1.32. The van der Waals surface area contributed by atoms with Crippen LogP contribution >= 0.6 is 11.3 Å². The van der Waals surface area contributed by atoms with E-state index < -0.39 is 5.97 Å². The number of thiophene rings is 1. The molecular formula is C17H28O3S. The fourth-order valence-electron chi connectivity index (χ4n) is 2.27. The summed E-state index contributed by atoms with van der Waals surface area (Å²) in [6.07, 6.45) is 10.9. The molecule has 1 rings (SSSR count). The summed E-state index contributed by atoms with van der Waals surface area (Å²) in [5, 5.41) is 9.15. The average molecular weight is 312 g/mol. The second-order valence-electron chi connectivity index (χ2n) is 5.39. The quantitative estimate of drug-likeness (QED) is 0.516. The van der Waals surface area contributed by atoms with Crippen molar-refractivity contribution in [1.29, 1.82) is 0 Å². The van der Waals surface area contributed by atoms with E-state index in [9.17, 15) is 4.79 Å². The predicted octanol–water partition coefficient (Wildman–Crippen LogP) is 5.53. The van der Waals surface area contributed by atoms with Gasteiger partial charge in [0.2, 0.25) is 0 Å². The van der Waals surface area contributed by atoms with Gasteiger partial charge in [-0.2, -0.15) is 0 Å². The Labute approximate surface area is 132 Å². The standard InChI is InChI=1S/C17H28O3S/c1-3-5-6-7-8-9-10-11-12-20-15-13-14(4-2)21-16(15)17(18)19/h13H,3-12H2,1-2H3,(H,18,19). The number of unbranched alkanes of at least 4 members (excludes halogenated alkanes) is 7. The molecule has 1 N–H and O–H groups in total. The van der Waals surface area contributed by atoms with Gasteiger partial charge in [-0.1, -0.05) is 58.8 Å². The van der Waals surface area contributed by atoms with Gasteiger partial charge >= 0.3 is 5.97 Å². The summed E-state index contributed by atoms with van der Waals surface area (Å²) in [5.41, 5.74) is 0. The van der Waals surface area contributed by atoms with Crippen molar-refractivity contribution in [2.45, 2.75) is 71.6 Å². The largest absolute Gasteiger partial charge is 0.492 e. The van der Waals surface area contributed by atoms with E-state index in [1.165, 1.54) is 56.3 Å². The highest BCUT2D eigenvalue weighted by Crippen LogP contribution is 2.30. The second-order valence-corrected chi connectivity index (χ2v) is 6.52. The maximum absolute atomic E-state index is 11.1. The molecule has 0 fully saturated rings. The molecule has 0 aromatic carbocycles. The van der Waals surface area contributed by atoms with Crippen molar-refractivity contribution >= 4 is 17.3 Å². The van der Waals surface area contributed by atoms with Gasteiger partial charge < -0.3 is 9.84 Å². The second kappa shape index (κ2) is 10.7. The van der Waals surface area contributed by atoms with Crippen LogP contribution < -0.4 is 4.74 Å². The van der Waals surface area contributed by atoms with Crippen molar-refractivity contribution in [2.75, 3.05) is 6.61 Å². The number of carboxylic acids is 1. The Bertz CT molecular complexity index is 412. The summed E-state index contributed by atoms with van der Waals surface area (Å²) in [6.45, 7) is 4.88. The van der Waals surface area contributed by atoms with Crippen LogP contribution in [0, 0.1) is 0 Å². The van der Waals surface area contributed by atoms with Crippen LogP contribution in [0.15, 0.2) is 6.07 Å². The number of aromatic carboxylic acids is 1. The molecule has 4 heteroatoms. The monoisotopic (exact) mass is 312 g/mol. The molecule has 0 bridgehead atoms. The van der Waals surface area contributed by atoms with Gasteiger partial charge in [0.05, 0.1) is 6.61 Å². The van der Waals surface area contributed by atoms with Crippen LogP contribution in [0.1, 0.15) is 79.8 Å². The summed E-state index contributed by atoms with van der Waals surface area (Å²) in [7, 11) is 0. The Morgan fingerprint density at radius 3 is 2.29 bits per heavy atom. The van der Waals surface area contributed by atoms with Gasteiger partial charge in [0.25, 0.3) is 0 Å². The summed E-state index contributed by atoms with van der Waals surface area (Å²) in [4.78, 5) is 12.5. The molecule has 0 spiro atoms. The van der Waals surface area contributed by atoms with E-state index in [2.05, 4.69) is 6.92 Å². The van der Waals surface area contributed by atoms with Crippen molar-refractivity contribution in [3.8, 4) is 5.75 Å². The molecule has 0 amide bonds. The van der Waals surface area contributed by atoms with Gasteiger partial charge in [-0.3, -0.25) is 0 Å². The predicted molar refractivity (Wildman–Crippen MR) is 88.8 cm³/mol. The molecule has 0 radical (unpaired) electrons. The third kappa shape index (κ3) is 6.98. The molecule has 0 aliphatic carbocycles. The summed E-state index contributed by atoms with van der Waals surface area (Å²) in [6, 6.07) is 1.87. The first-order valence-corrected chi connectivity index (χ1v) is 8.99. The SMILES string of the molecule is CCCCCCCCCCOc1cc(CC)sc1C(=O)O. The molecule has 120 valence electrons. The lowest BCUT2D eigenvalue weighted by Gasteiger charge is -2.05. The van der Waals surface area contributed by atoms with Crippen LogP contribution in [-0.4, -0.2) is 17.7 Å². The molecule has 0 aliphatic rings. The normalized spacial score (nSPS) is 10.8. The van der Waals surface area contributed by atoms with Crippen LogP contribution in [0.4, 0.5) is 0 Å². The van der Waals surface area contributed by atoms with Gasteiger partial charge in [0.1, 0.15) is 5.75 Å². The topological polar surface area (TPSA) is 46.5 Å². The zero-order valence-corrected chi connectivity index (χ0v) is 14.1. The minimum Gasteiger partial charge on any atom is -0.492 e. The Morgan fingerprint density at radius 1 is 1.10 bits per heavy atom. The van der Waals surface area contributed by atoms with Crippen molar-refractivity contribution in [3.05, 3.63) is 15.8 Å². The first-order chi connectivity index (χ1) is 10.2. The van der Waals surface area contributed by atoms with Gasteiger partial charge in [-0.15, -0.1) is 11.3 Å². The molecule has 0 unspecified atom stereocenters. The number of rotatable bonds is 12. The fraction of sp³-hybridized carbons (Fsp3) is 0.706. The van der Waals surface area contributed by atoms with E-state index in [0.29, 0.717) is 17.2 Å². The molecular weight excluding hydrogens is 284 g/mol. The highest BCUT2D eigenvalue weighted by molar-refractivity contribution is 7.14. The van der Waals surface area contributed by atoms with E-state index in [0.717, 1.165) is 17.7 Å². The number of carbonyl (C=O) groups is 1. The fourth-order valence-corrected chi connectivity index (χ4v) is 3.15. The lowest BCUT2D eigenvalue weighted by atomic mass is 10.1. The molecule has 21 heavy (non-hydrogen) atoms. The lowest BCUT2D eigenvalue weighted by molar-refractivity contribution is 0.0698. The Hall–Kier alpha value is -1.03. The average Bonchev–Trinajstić information content (AvgIpc) is 2.89. The Balaban J connectivity index is 2.18. The minimum atomic E-state index is -0.884. The number of ether oxygens (including phenoxy) is 1. The van der Waals surface area contributed by atoms with Crippen molar-refractivity contribution in [2.24, 2.45) is 0 Å². The third-order valence-corrected chi connectivity index (χ3v) is 4.80. The first kappa shape index (κ1) is 18.0. The molecule has 1 aromatic heterocycles. The van der Waals surface area contributed by atoms with E-state index in [1.807, 2.05) is 13.0 Å². The van der Waals surface area contributed by atoms with E-state index in [1.54, 1.807) is 0 Å². The molecule has 0 atom stereocenters. The summed E-state index contributed by atoms with van der Waals surface area (Å²) in [5.74, 6) is -0.335. The molecule has 0 aliphatic heterocycles. The summed E-state index contributed by atoms with van der Waals surface area (Å²) < 4.78 is 5.66. The van der Waals surface area contributed by atoms with Crippen LogP contribution in [0.3, 0.4) is 0 Å². The van der Waals surface area contributed by atoms with Gasteiger partial charge in [-0.25, -0.2) is 4.79 Å². The van der Waals surface area contributed by atoms with E-state index in [4.69, 9.17) is 9.84 Å². The smallest absolute Gasteiger partial charge is 0.349 e. The molecule has 3 nitrogen and oxygen atoms in total. The lowest BCUT2D eigenvalue weighted by Crippen LogP contribution is -2.01. The van der Waals surface area contributed by atoms with Crippen LogP contribution in [0.25, 0.3) is 0 Å². The van der Waals surface area contributed by atoms with E-state index in [-0.39, 0.29) is 0 Å². The number of aryl methyl sites for hydroxylation is 1. The number of hydrogen-bond donors (Lipinski definition) is 1. The number of carboxylic acid groups (broad SMARTS) is 1. The van der Waals surface area contributed by atoms with Crippen LogP contribution in [-0.2, 0) is 6.42 Å². The molecule has 0 saturated heterocycles. The van der Waals surface area contributed by atoms with Crippen LogP contribution in [0.2, 0.25) is 0 Å². The Morgan fingerprint density at radius 2 is 1.71 bits per heavy atom. The van der Waals surface area contributed by atoms with E-state index >= 15 is 0 Å². The number of hydrogen-bond acceptors (Lipinski definition) is 3. The molecule has 0 saturated carbocycles. The van der Waals surface area contributed by atoms with Gasteiger partial charge in [0, 0.05) is 4.88 Å². The van der Waals surface area contributed by atoms with Crippen molar-refractivity contribution in [3.63, 3.8) is 0 Å². The van der Waals surface area contributed by atoms with Crippen molar-refractivity contribution in [1.82, 2.24) is 0 Å². The zero-order valence-electron chi connectivity index (χ0n) is 13.3. The van der Waals surface area contributed by atoms with Gasteiger partial charge in [-0.05, 0) is 18.9 Å². The minimum absolute atomic E-state index is 0.339. The van der Waals surface area contributed by atoms with Crippen LogP contribution in [0.5, 0.6) is 5.75 Å². The third-order valence-electron chi connectivity index (χ3n) is 3.55.